The van der Waals surface area contributed by atoms with E-state index in [4.69, 9.17) is 5.73 Å². The van der Waals surface area contributed by atoms with Crippen molar-refractivity contribution in [1.82, 2.24) is 19.4 Å². The standard InChI is InChI=1S/C16H23N5/c1-20(14-4-2-3-5-14)8-9-21-12-18-11-15(21)13-6-7-19-16(17)10-13/h6-7,10-12,14H,2-5,8-9H2,1H3,(H2,17,19). The SMILES string of the molecule is CN(CCn1cncc1-c1ccnc(N)c1)C1CCCC1. The molecule has 3 rings (SSSR count). The monoisotopic (exact) mass is 285 g/mol. The number of nitrogens with zero attached hydrogens (tertiary/aromatic N) is 4. The lowest BCUT2D eigenvalue weighted by Gasteiger charge is -2.24. The van der Waals surface area contributed by atoms with Gasteiger partial charge in [0.1, 0.15) is 5.82 Å². The lowest BCUT2D eigenvalue weighted by atomic mass is 10.2. The molecule has 0 aliphatic heterocycles. The number of nitrogen functional groups attached to an aromatic ring is 1. The molecule has 0 bridgehead atoms. The van der Waals surface area contributed by atoms with E-state index < -0.39 is 0 Å². The minimum absolute atomic E-state index is 0.545. The highest BCUT2D eigenvalue weighted by Crippen LogP contribution is 2.23. The van der Waals surface area contributed by atoms with Gasteiger partial charge >= 0.3 is 0 Å². The van der Waals surface area contributed by atoms with Crippen molar-refractivity contribution in [2.75, 3.05) is 19.3 Å². The third-order valence-corrected chi connectivity index (χ3v) is 4.43. The second-order valence-electron chi connectivity index (χ2n) is 5.86. The average Bonchev–Trinajstić information content (AvgIpc) is 3.16. The van der Waals surface area contributed by atoms with Crippen molar-refractivity contribution in [3.05, 3.63) is 30.9 Å². The first-order chi connectivity index (χ1) is 10.2. The van der Waals surface area contributed by atoms with Gasteiger partial charge in [-0.1, -0.05) is 12.8 Å². The van der Waals surface area contributed by atoms with E-state index in [0.717, 1.165) is 30.4 Å². The molecule has 0 amide bonds. The van der Waals surface area contributed by atoms with E-state index in [1.165, 1.54) is 25.7 Å². The Morgan fingerprint density at radius 3 is 2.95 bits per heavy atom. The summed E-state index contributed by atoms with van der Waals surface area (Å²) in [6.07, 6.45) is 11.0. The highest BCUT2D eigenvalue weighted by atomic mass is 15.2. The zero-order valence-electron chi connectivity index (χ0n) is 12.6. The van der Waals surface area contributed by atoms with Crippen LogP contribution in [0.4, 0.5) is 5.82 Å². The van der Waals surface area contributed by atoms with Crippen molar-refractivity contribution in [1.29, 1.82) is 0 Å². The number of rotatable bonds is 5. The van der Waals surface area contributed by atoms with E-state index in [2.05, 4.69) is 26.5 Å². The molecule has 2 heterocycles. The first-order valence-corrected chi connectivity index (χ1v) is 7.66. The number of pyridine rings is 1. The number of aromatic nitrogens is 3. The van der Waals surface area contributed by atoms with Gasteiger partial charge in [-0.15, -0.1) is 0 Å². The highest BCUT2D eigenvalue weighted by molar-refractivity contribution is 5.61. The molecule has 2 aromatic heterocycles. The Morgan fingerprint density at radius 2 is 2.19 bits per heavy atom. The second kappa shape index (κ2) is 6.26. The second-order valence-corrected chi connectivity index (χ2v) is 5.86. The molecule has 5 heteroatoms. The van der Waals surface area contributed by atoms with Crippen LogP contribution in [0.5, 0.6) is 0 Å². The molecule has 0 aromatic carbocycles. The zero-order chi connectivity index (χ0) is 14.7. The topological polar surface area (TPSA) is 60.0 Å². The minimum atomic E-state index is 0.545. The Kier molecular flexibility index (Phi) is 4.20. The van der Waals surface area contributed by atoms with E-state index >= 15 is 0 Å². The van der Waals surface area contributed by atoms with Gasteiger partial charge in [-0.05, 0) is 32.0 Å². The van der Waals surface area contributed by atoms with Gasteiger partial charge in [0.25, 0.3) is 0 Å². The number of anilines is 1. The molecule has 0 atom stereocenters. The molecule has 1 aliphatic carbocycles. The Labute approximate surface area is 125 Å². The first-order valence-electron chi connectivity index (χ1n) is 7.66. The van der Waals surface area contributed by atoms with Crippen molar-refractivity contribution in [3.8, 4) is 11.3 Å². The minimum Gasteiger partial charge on any atom is -0.384 e. The van der Waals surface area contributed by atoms with Gasteiger partial charge in [0.05, 0.1) is 18.2 Å². The molecule has 2 aromatic rings. The summed E-state index contributed by atoms with van der Waals surface area (Å²) in [6, 6.07) is 4.63. The number of hydrogen-bond acceptors (Lipinski definition) is 4. The molecule has 112 valence electrons. The Bertz CT molecular complexity index is 586. The van der Waals surface area contributed by atoms with Crippen LogP contribution in [0.15, 0.2) is 30.9 Å². The molecule has 1 fully saturated rings. The molecule has 2 N–H and O–H groups in total. The molecule has 0 radical (unpaired) electrons. The van der Waals surface area contributed by atoms with Crippen LogP contribution in [0, 0.1) is 0 Å². The normalized spacial score (nSPS) is 15.9. The van der Waals surface area contributed by atoms with Crippen molar-refractivity contribution in [2.45, 2.75) is 38.3 Å². The van der Waals surface area contributed by atoms with Crippen LogP contribution in [-0.4, -0.2) is 39.1 Å². The molecule has 1 saturated carbocycles. The van der Waals surface area contributed by atoms with Gasteiger partial charge in [-0.25, -0.2) is 9.97 Å². The summed E-state index contributed by atoms with van der Waals surface area (Å²) in [7, 11) is 2.23. The third-order valence-electron chi connectivity index (χ3n) is 4.43. The van der Waals surface area contributed by atoms with Crippen LogP contribution < -0.4 is 5.73 Å². The number of nitrogens with two attached hydrogens (primary N) is 1. The maximum absolute atomic E-state index is 5.77. The number of likely N-dealkylation sites (N-methyl/N-ethyl adjacent to an activating group) is 1. The van der Waals surface area contributed by atoms with Crippen LogP contribution in [0.1, 0.15) is 25.7 Å². The van der Waals surface area contributed by atoms with E-state index in [-0.39, 0.29) is 0 Å². The van der Waals surface area contributed by atoms with E-state index in [1.807, 2.05) is 24.7 Å². The van der Waals surface area contributed by atoms with Gasteiger partial charge < -0.3 is 15.2 Å². The van der Waals surface area contributed by atoms with Gasteiger partial charge in [0.15, 0.2) is 0 Å². The molecule has 5 nitrogen and oxygen atoms in total. The number of hydrogen-bond donors (Lipinski definition) is 1. The summed E-state index contributed by atoms with van der Waals surface area (Å²) >= 11 is 0. The lowest BCUT2D eigenvalue weighted by molar-refractivity contribution is 0.237. The lowest BCUT2D eigenvalue weighted by Crippen LogP contribution is -2.32. The molecule has 0 saturated heterocycles. The van der Waals surface area contributed by atoms with Gasteiger partial charge in [-0.3, -0.25) is 0 Å². The first kappa shape index (κ1) is 14.1. The van der Waals surface area contributed by atoms with Crippen LogP contribution in [0.2, 0.25) is 0 Å². The predicted molar refractivity (Wildman–Crippen MR) is 84.8 cm³/mol. The van der Waals surface area contributed by atoms with Gasteiger partial charge in [-0.2, -0.15) is 0 Å². The predicted octanol–water partition coefficient (Wildman–Crippen LogP) is 2.40. The maximum atomic E-state index is 5.77. The van der Waals surface area contributed by atoms with Crippen LogP contribution in [-0.2, 0) is 6.54 Å². The summed E-state index contributed by atoms with van der Waals surface area (Å²) in [5, 5.41) is 0. The Balaban J connectivity index is 1.68. The van der Waals surface area contributed by atoms with Crippen LogP contribution >= 0.6 is 0 Å². The third kappa shape index (κ3) is 3.24. The number of imidazole rings is 1. The van der Waals surface area contributed by atoms with E-state index in [0.29, 0.717) is 5.82 Å². The Hall–Kier alpha value is -1.88. The summed E-state index contributed by atoms with van der Waals surface area (Å²) in [4.78, 5) is 10.8. The van der Waals surface area contributed by atoms with Crippen molar-refractivity contribution >= 4 is 5.82 Å². The zero-order valence-corrected chi connectivity index (χ0v) is 12.6. The summed E-state index contributed by atoms with van der Waals surface area (Å²) < 4.78 is 2.19. The fourth-order valence-corrected chi connectivity index (χ4v) is 3.14. The summed E-state index contributed by atoms with van der Waals surface area (Å²) in [5.41, 5.74) is 7.94. The smallest absolute Gasteiger partial charge is 0.123 e. The summed E-state index contributed by atoms with van der Waals surface area (Å²) in [6.45, 7) is 2.00. The fourth-order valence-electron chi connectivity index (χ4n) is 3.14. The van der Waals surface area contributed by atoms with E-state index in [9.17, 15) is 0 Å². The maximum Gasteiger partial charge on any atom is 0.123 e. The van der Waals surface area contributed by atoms with Crippen molar-refractivity contribution in [3.63, 3.8) is 0 Å². The molecular weight excluding hydrogens is 262 g/mol. The van der Waals surface area contributed by atoms with Crippen molar-refractivity contribution in [2.24, 2.45) is 0 Å². The van der Waals surface area contributed by atoms with Crippen LogP contribution in [0.3, 0.4) is 0 Å². The summed E-state index contributed by atoms with van der Waals surface area (Å²) in [5.74, 6) is 0.545. The average molecular weight is 285 g/mol. The molecule has 21 heavy (non-hydrogen) atoms. The van der Waals surface area contributed by atoms with Gasteiger partial charge in [0, 0.05) is 30.9 Å². The van der Waals surface area contributed by atoms with Crippen LogP contribution in [0.25, 0.3) is 11.3 Å². The Morgan fingerprint density at radius 1 is 1.38 bits per heavy atom. The molecule has 1 aliphatic rings. The van der Waals surface area contributed by atoms with E-state index in [1.54, 1.807) is 6.20 Å². The van der Waals surface area contributed by atoms with Crippen molar-refractivity contribution < 1.29 is 0 Å². The highest BCUT2D eigenvalue weighted by Gasteiger charge is 2.19. The van der Waals surface area contributed by atoms with Gasteiger partial charge in [0.2, 0.25) is 0 Å². The fraction of sp³-hybridized carbons (Fsp3) is 0.500. The molecule has 0 unspecified atom stereocenters. The quantitative estimate of drug-likeness (QED) is 0.916. The molecule has 0 spiro atoms. The molecular formula is C16H23N5. The largest absolute Gasteiger partial charge is 0.384 e.